The molecular formula is C20H27N3O6S. The van der Waals surface area contributed by atoms with Crippen LogP contribution in [0, 0.1) is 0 Å². The van der Waals surface area contributed by atoms with Crippen molar-refractivity contribution in [2.24, 2.45) is 0 Å². The van der Waals surface area contributed by atoms with Crippen LogP contribution in [0.1, 0.15) is 43.5 Å². The van der Waals surface area contributed by atoms with Crippen molar-refractivity contribution < 1.29 is 27.5 Å². The van der Waals surface area contributed by atoms with Crippen LogP contribution >= 0.6 is 0 Å². The monoisotopic (exact) mass is 437 g/mol. The number of nitrogens with zero attached hydrogens (tertiary/aromatic N) is 2. The van der Waals surface area contributed by atoms with Crippen LogP contribution in [0.3, 0.4) is 0 Å². The second-order valence-corrected chi connectivity index (χ2v) is 9.59. The summed E-state index contributed by atoms with van der Waals surface area (Å²) >= 11 is 0. The van der Waals surface area contributed by atoms with E-state index in [4.69, 9.17) is 4.74 Å². The molecule has 0 aliphatic carbocycles. The van der Waals surface area contributed by atoms with Crippen LogP contribution in [0.15, 0.2) is 29.2 Å². The molecule has 2 atom stereocenters. The minimum Gasteiger partial charge on any atom is -0.373 e. The first kappa shape index (κ1) is 22.4. The Morgan fingerprint density at radius 2 is 1.63 bits per heavy atom. The molecule has 1 aromatic rings. The van der Waals surface area contributed by atoms with Crippen molar-refractivity contribution in [3.05, 3.63) is 29.8 Å². The van der Waals surface area contributed by atoms with Crippen molar-refractivity contribution in [2.45, 2.75) is 50.2 Å². The molecule has 3 rings (SSSR count). The van der Waals surface area contributed by atoms with Crippen LogP contribution in [0.5, 0.6) is 0 Å². The zero-order valence-corrected chi connectivity index (χ0v) is 18.0. The molecule has 0 spiro atoms. The van der Waals surface area contributed by atoms with E-state index in [-0.39, 0.29) is 67.3 Å². The lowest BCUT2D eigenvalue weighted by Crippen LogP contribution is -2.48. The van der Waals surface area contributed by atoms with E-state index in [0.29, 0.717) is 18.5 Å². The molecule has 2 aliphatic rings. The third kappa shape index (κ3) is 5.05. The standard InChI is InChI=1S/C20H27N3O6S/c1-14-12-22(13-15(2)29-14)30(27,28)17-6-4-16(5-7-17)20(26)21-10-3-11-23-18(24)8-9-19(23)25/h4-7,14-15H,3,8-13H2,1-2H3,(H,21,26). The average molecular weight is 438 g/mol. The third-order valence-electron chi connectivity index (χ3n) is 5.14. The number of carbonyl (C=O) groups excluding carboxylic acids is 3. The fourth-order valence-corrected chi connectivity index (χ4v) is 5.26. The molecule has 2 unspecified atom stereocenters. The van der Waals surface area contributed by atoms with Crippen LogP contribution in [-0.2, 0) is 24.3 Å². The third-order valence-corrected chi connectivity index (χ3v) is 6.99. The average Bonchev–Trinajstić information content (AvgIpc) is 3.02. The van der Waals surface area contributed by atoms with Crippen molar-refractivity contribution in [1.82, 2.24) is 14.5 Å². The summed E-state index contributed by atoms with van der Waals surface area (Å²) in [6.45, 7) is 4.83. The summed E-state index contributed by atoms with van der Waals surface area (Å²) < 4.78 is 32.7. The van der Waals surface area contributed by atoms with E-state index < -0.39 is 10.0 Å². The number of sulfonamides is 1. The minimum absolute atomic E-state index is 0.131. The highest BCUT2D eigenvalue weighted by Gasteiger charge is 2.32. The van der Waals surface area contributed by atoms with E-state index in [0.717, 1.165) is 0 Å². The van der Waals surface area contributed by atoms with Crippen LogP contribution in [0.4, 0.5) is 0 Å². The molecule has 1 aromatic carbocycles. The van der Waals surface area contributed by atoms with Gasteiger partial charge in [-0.25, -0.2) is 8.42 Å². The van der Waals surface area contributed by atoms with Gasteiger partial charge in [0.05, 0.1) is 17.1 Å². The zero-order chi connectivity index (χ0) is 21.9. The maximum Gasteiger partial charge on any atom is 0.251 e. The summed E-state index contributed by atoms with van der Waals surface area (Å²) in [6.07, 6.45) is 0.605. The second kappa shape index (κ2) is 9.23. The predicted molar refractivity (Wildman–Crippen MR) is 108 cm³/mol. The number of rotatable bonds is 7. The lowest BCUT2D eigenvalue weighted by atomic mass is 10.2. The van der Waals surface area contributed by atoms with Crippen LogP contribution < -0.4 is 5.32 Å². The maximum absolute atomic E-state index is 12.9. The topological polar surface area (TPSA) is 113 Å². The van der Waals surface area contributed by atoms with Gasteiger partial charge in [0.25, 0.3) is 5.91 Å². The Morgan fingerprint density at radius 3 is 2.20 bits per heavy atom. The van der Waals surface area contributed by atoms with Gasteiger partial charge in [-0.1, -0.05) is 0 Å². The highest BCUT2D eigenvalue weighted by atomic mass is 32.2. The van der Waals surface area contributed by atoms with Crippen molar-refractivity contribution in [2.75, 3.05) is 26.2 Å². The van der Waals surface area contributed by atoms with Gasteiger partial charge >= 0.3 is 0 Å². The number of carbonyl (C=O) groups is 3. The van der Waals surface area contributed by atoms with Gasteiger partial charge in [0.15, 0.2) is 0 Å². The minimum atomic E-state index is -3.66. The summed E-state index contributed by atoms with van der Waals surface area (Å²) in [7, 11) is -3.66. The highest BCUT2D eigenvalue weighted by molar-refractivity contribution is 7.89. The Morgan fingerprint density at radius 1 is 1.07 bits per heavy atom. The van der Waals surface area contributed by atoms with Gasteiger partial charge in [0, 0.05) is 44.6 Å². The number of hydrogen-bond donors (Lipinski definition) is 1. The van der Waals surface area contributed by atoms with Gasteiger partial charge in [0.1, 0.15) is 0 Å². The highest BCUT2D eigenvalue weighted by Crippen LogP contribution is 2.21. The maximum atomic E-state index is 12.9. The molecular weight excluding hydrogens is 410 g/mol. The number of hydrogen-bond acceptors (Lipinski definition) is 6. The Kier molecular flexibility index (Phi) is 6.89. The van der Waals surface area contributed by atoms with Gasteiger partial charge in [-0.05, 0) is 44.5 Å². The first-order valence-corrected chi connectivity index (χ1v) is 11.5. The number of morpholine rings is 1. The molecule has 10 heteroatoms. The number of nitrogens with one attached hydrogen (secondary N) is 1. The normalized spacial score (nSPS) is 23.1. The molecule has 0 radical (unpaired) electrons. The number of likely N-dealkylation sites (tertiary alicyclic amines) is 1. The molecule has 0 saturated carbocycles. The second-order valence-electron chi connectivity index (χ2n) is 7.65. The molecule has 3 amide bonds. The molecule has 0 aromatic heterocycles. The quantitative estimate of drug-likeness (QED) is 0.498. The van der Waals surface area contributed by atoms with E-state index >= 15 is 0 Å². The molecule has 1 N–H and O–H groups in total. The summed E-state index contributed by atoms with van der Waals surface area (Å²) in [5.74, 6) is -0.689. The zero-order valence-electron chi connectivity index (χ0n) is 17.2. The van der Waals surface area contributed by atoms with Crippen molar-refractivity contribution in [3.8, 4) is 0 Å². The largest absolute Gasteiger partial charge is 0.373 e. The van der Waals surface area contributed by atoms with Gasteiger partial charge in [-0.3, -0.25) is 19.3 Å². The number of amides is 3. The summed E-state index contributed by atoms with van der Waals surface area (Å²) in [6, 6.07) is 5.80. The smallest absolute Gasteiger partial charge is 0.251 e. The summed E-state index contributed by atoms with van der Waals surface area (Å²) in [5, 5.41) is 2.72. The first-order valence-electron chi connectivity index (χ1n) is 10.1. The summed E-state index contributed by atoms with van der Waals surface area (Å²) in [5.41, 5.74) is 0.339. The van der Waals surface area contributed by atoms with Crippen molar-refractivity contribution >= 4 is 27.7 Å². The molecule has 2 fully saturated rings. The Hall–Kier alpha value is -2.30. The van der Waals surface area contributed by atoms with Crippen LogP contribution in [-0.4, -0.2) is 73.7 Å². The molecule has 164 valence electrons. The van der Waals surface area contributed by atoms with Crippen molar-refractivity contribution in [3.63, 3.8) is 0 Å². The molecule has 9 nitrogen and oxygen atoms in total. The fraction of sp³-hybridized carbons (Fsp3) is 0.550. The Bertz CT molecular complexity index is 889. The van der Waals surface area contributed by atoms with E-state index in [1.54, 1.807) is 0 Å². The lowest BCUT2D eigenvalue weighted by Gasteiger charge is -2.34. The van der Waals surface area contributed by atoms with Crippen molar-refractivity contribution in [1.29, 1.82) is 0 Å². The first-order chi connectivity index (χ1) is 14.2. The van der Waals surface area contributed by atoms with E-state index in [1.807, 2.05) is 13.8 Å². The van der Waals surface area contributed by atoms with Gasteiger partial charge in [-0.2, -0.15) is 4.31 Å². The van der Waals surface area contributed by atoms with Gasteiger partial charge in [-0.15, -0.1) is 0 Å². The number of ether oxygens (including phenoxy) is 1. The van der Waals surface area contributed by atoms with E-state index in [9.17, 15) is 22.8 Å². The number of imide groups is 1. The molecule has 0 bridgehead atoms. The summed E-state index contributed by atoms with van der Waals surface area (Å²) in [4.78, 5) is 36.7. The Labute approximate surface area is 176 Å². The van der Waals surface area contributed by atoms with E-state index in [1.165, 1.54) is 33.5 Å². The molecule has 2 aliphatic heterocycles. The van der Waals surface area contributed by atoms with Gasteiger partial charge < -0.3 is 10.1 Å². The fourth-order valence-electron chi connectivity index (χ4n) is 3.67. The van der Waals surface area contributed by atoms with E-state index in [2.05, 4.69) is 5.32 Å². The molecule has 2 saturated heterocycles. The molecule has 2 heterocycles. The Balaban J connectivity index is 1.53. The van der Waals surface area contributed by atoms with Gasteiger partial charge in [0.2, 0.25) is 21.8 Å². The molecule has 30 heavy (non-hydrogen) atoms. The SMILES string of the molecule is CC1CN(S(=O)(=O)c2ccc(C(=O)NCCCN3C(=O)CCC3=O)cc2)CC(C)O1. The lowest BCUT2D eigenvalue weighted by molar-refractivity contribution is -0.138. The predicted octanol–water partition coefficient (Wildman–Crippen LogP) is 0.753. The van der Waals surface area contributed by atoms with Crippen LogP contribution in [0.25, 0.3) is 0 Å². The number of benzene rings is 1. The van der Waals surface area contributed by atoms with Crippen LogP contribution in [0.2, 0.25) is 0 Å².